The van der Waals surface area contributed by atoms with Gasteiger partial charge in [0.2, 0.25) is 5.82 Å². The van der Waals surface area contributed by atoms with Crippen molar-refractivity contribution < 1.29 is 4.52 Å². The first kappa shape index (κ1) is 16.0. The maximum Gasteiger partial charge on any atom is 0.261 e. The van der Waals surface area contributed by atoms with Crippen molar-refractivity contribution >= 4 is 0 Å². The zero-order valence-corrected chi connectivity index (χ0v) is 15.1. The van der Waals surface area contributed by atoms with Gasteiger partial charge in [0.25, 0.3) is 5.89 Å². The molecular weight excluding hydrogens is 340 g/mol. The number of nitrogens with zero attached hydrogens (tertiary/aromatic N) is 6. The molecule has 1 aromatic carbocycles. The van der Waals surface area contributed by atoms with Crippen LogP contribution in [-0.4, -0.2) is 29.7 Å². The molecule has 1 saturated carbocycles. The standard InChI is InChI=1S/C20H20N6O/c1-14-18(12-22-26(14)17-9-5-6-10-17)20-23-19(24-27-20)15-11-21-25(13-15)16-7-3-2-4-8-16/h2-4,7-8,11-13,17H,5-6,9-10H2,1H3. The molecule has 7 nitrogen and oxygen atoms in total. The van der Waals surface area contributed by atoms with Crippen molar-refractivity contribution in [3.8, 4) is 28.5 Å². The van der Waals surface area contributed by atoms with Gasteiger partial charge < -0.3 is 4.52 Å². The lowest BCUT2D eigenvalue weighted by atomic mass is 10.2. The van der Waals surface area contributed by atoms with Crippen LogP contribution in [0.15, 0.2) is 53.4 Å². The quantitative estimate of drug-likeness (QED) is 0.545. The van der Waals surface area contributed by atoms with Crippen LogP contribution in [-0.2, 0) is 0 Å². The molecule has 0 atom stereocenters. The zero-order valence-electron chi connectivity index (χ0n) is 15.1. The summed E-state index contributed by atoms with van der Waals surface area (Å²) in [5, 5.41) is 13.1. The second-order valence-electron chi connectivity index (χ2n) is 6.96. The third kappa shape index (κ3) is 2.85. The molecular formula is C20H20N6O. The summed E-state index contributed by atoms with van der Waals surface area (Å²) in [6.45, 7) is 2.07. The van der Waals surface area contributed by atoms with Gasteiger partial charge in [-0.15, -0.1) is 0 Å². The first-order chi connectivity index (χ1) is 13.3. The summed E-state index contributed by atoms with van der Waals surface area (Å²) in [7, 11) is 0. The van der Waals surface area contributed by atoms with Crippen molar-refractivity contribution in [1.82, 2.24) is 29.7 Å². The van der Waals surface area contributed by atoms with Crippen LogP contribution in [0.1, 0.15) is 37.4 Å². The molecule has 1 aliphatic rings. The number of benzene rings is 1. The minimum absolute atomic E-state index is 0.491. The molecule has 0 N–H and O–H groups in total. The van der Waals surface area contributed by atoms with Gasteiger partial charge in [-0.05, 0) is 31.9 Å². The fourth-order valence-electron chi connectivity index (χ4n) is 3.76. The van der Waals surface area contributed by atoms with E-state index in [2.05, 4.69) is 31.9 Å². The molecule has 5 rings (SSSR count). The van der Waals surface area contributed by atoms with Crippen LogP contribution in [0.3, 0.4) is 0 Å². The van der Waals surface area contributed by atoms with Gasteiger partial charge in [0.1, 0.15) is 0 Å². The Hall–Kier alpha value is -3.22. The maximum atomic E-state index is 5.53. The molecule has 1 aliphatic carbocycles. The van der Waals surface area contributed by atoms with Gasteiger partial charge in [0.05, 0.1) is 35.2 Å². The average Bonchev–Trinajstić information content (AvgIpc) is 3.47. The largest absolute Gasteiger partial charge is 0.333 e. The molecule has 7 heteroatoms. The number of aromatic nitrogens is 6. The van der Waals surface area contributed by atoms with Crippen molar-refractivity contribution in [2.75, 3.05) is 0 Å². The van der Waals surface area contributed by atoms with E-state index in [1.54, 1.807) is 10.9 Å². The minimum Gasteiger partial charge on any atom is -0.333 e. The van der Waals surface area contributed by atoms with E-state index in [4.69, 9.17) is 4.52 Å². The third-order valence-corrected chi connectivity index (χ3v) is 5.23. The summed E-state index contributed by atoms with van der Waals surface area (Å²) < 4.78 is 9.44. The van der Waals surface area contributed by atoms with Crippen LogP contribution in [0.5, 0.6) is 0 Å². The van der Waals surface area contributed by atoms with Gasteiger partial charge in [0, 0.05) is 11.9 Å². The fourth-order valence-corrected chi connectivity index (χ4v) is 3.76. The van der Waals surface area contributed by atoms with E-state index in [-0.39, 0.29) is 0 Å². The fraction of sp³-hybridized carbons (Fsp3) is 0.300. The van der Waals surface area contributed by atoms with Crippen molar-refractivity contribution in [1.29, 1.82) is 0 Å². The summed E-state index contributed by atoms with van der Waals surface area (Å²) >= 11 is 0. The third-order valence-electron chi connectivity index (χ3n) is 5.23. The zero-order chi connectivity index (χ0) is 18.2. The van der Waals surface area contributed by atoms with E-state index >= 15 is 0 Å². The Labute approximate surface area is 156 Å². The second kappa shape index (κ2) is 6.50. The Morgan fingerprint density at radius 2 is 1.85 bits per heavy atom. The first-order valence-corrected chi connectivity index (χ1v) is 9.28. The SMILES string of the molecule is Cc1c(-c2nc(-c3cnn(-c4ccccc4)c3)no2)cnn1C1CCCC1. The van der Waals surface area contributed by atoms with Crippen LogP contribution < -0.4 is 0 Å². The van der Waals surface area contributed by atoms with Gasteiger partial charge >= 0.3 is 0 Å². The van der Waals surface area contributed by atoms with Crippen LogP contribution in [0.2, 0.25) is 0 Å². The van der Waals surface area contributed by atoms with Crippen LogP contribution in [0, 0.1) is 6.92 Å². The van der Waals surface area contributed by atoms with E-state index in [1.807, 2.05) is 42.7 Å². The molecule has 4 aromatic rings. The van der Waals surface area contributed by atoms with Gasteiger partial charge in [0.15, 0.2) is 0 Å². The van der Waals surface area contributed by atoms with Crippen LogP contribution >= 0.6 is 0 Å². The molecule has 27 heavy (non-hydrogen) atoms. The van der Waals surface area contributed by atoms with Crippen molar-refractivity contribution in [2.24, 2.45) is 0 Å². The van der Waals surface area contributed by atoms with Crippen molar-refractivity contribution in [3.05, 3.63) is 54.6 Å². The molecule has 0 unspecified atom stereocenters. The van der Waals surface area contributed by atoms with E-state index in [1.165, 1.54) is 25.7 Å². The maximum absolute atomic E-state index is 5.53. The average molecular weight is 360 g/mol. The highest BCUT2D eigenvalue weighted by Crippen LogP contribution is 2.33. The van der Waals surface area contributed by atoms with Gasteiger partial charge in [-0.3, -0.25) is 4.68 Å². The lowest BCUT2D eigenvalue weighted by Crippen LogP contribution is -2.08. The Balaban J connectivity index is 1.43. The normalized spacial score (nSPS) is 14.9. The molecule has 0 radical (unpaired) electrons. The summed E-state index contributed by atoms with van der Waals surface area (Å²) in [5.74, 6) is 1.03. The molecule has 0 bridgehead atoms. The van der Waals surface area contributed by atoms with Gasteiger partial charge in [-0.25, -0.2) is 4.68 Å². The summed E-state index contributed by atoms with van der Waals surface area (Å²) in [4.78, 5) is 4.57. The van der Waals surface area contributed by atoms with Crippen LogP contribution in [0.25, 0.3) is 28.5 Å². The van der Waals surface area contributed by atoms with E-state index in [9.17, 15) is 0 Å². The molecule has 1 fully saturated rings. The Bertz CT molecular complexity index is 1060. The Morgan fingerprint density at radius 1 is 1.04 bits per heavy atom. The molecule has 136 valence electrons. The molecule has 0 aliphatic heterocycles. The van der Waals surface area contributed by atoms with E-state index in [0.29, 0.717) is 17.8 Å². The van der Waals surface area contributed by atoms with E-state index in [0.717, 1.165) is 22.5 Å². The lowest BCUT2D eigenvalue weighted by molar-refractivity contribution is 0.431. The van der Waals surface area contributed by atoms with E-state index < -0.39 is 0 Å². The van der Waals surface area contributed by atoms with Crippen molar-refractivity contribution in [3.63, 3.8) is 0 Å². The molecule has 0 amide bonds. The molecule has 3 aromatic heterocycles. The number of hydrogen-bond acceptors (Lipinski definition) is 5. The summed E-state index contributed by atoms with van der Waals surface area (Å²) in [6.07, 6.45) is 10.4. The second-order valence-corrected chi connectivity index (χ2v) is 6.96. The predicted octanol–water partition coefficient (Wildman–Crippen LogP) is 4.21. The highest BCUT2D eigenvalue weighted by molar-refractivity contribution is 5.60. The topological polar surface area (TPSA) is 74.6 Å². The molecule has 3 heterocycles. The highest BCUT2D eigenvalue weighted by Gasteiger charge is 2.23. The summed E-state index contributed by atoms with van der Waals surface area (Å²) in [5.41, 5.74) is 3.78. The Kier molecular flexibility index (Phi) is 3.85. The first-order valence-electron chi connectivity index (χ1n) is 9.28. The molecule has 0 saturated heterocycles. The lowest BCUT2D eigenvalue weighted by Gasteiger charge is -2.11. The summed E-state index contributed by atoms with van der Waals surface area (Å²) in [6, 6.07) is 10.4. The number of hydrogen-bond donors (Lipinski definition) is 0. The molecule has 0 spiro atoms. The number of para-hydroxylation sites is 1. The van der Waals surface area contributed by atoms with Crippen LogP contribution in [0.4, 0.5) is 0 Å². The highest BCUT2D eigenvalue weighted by atomic mass is 16.5. The van der Waals surface area contributed by atoms with Crippen molar-refractivity contribution in [2.45, 2.75) is 38.6 Å². The number of rotatable bonds is 4. The monoisotopic (exact) mass is 360 g/mol. The van der Waals surface area contributed by atoms with Gasteiger partial charge in [-0.2, -0.15) is 15.2 Å². The Morgan fingerprint density at radius 3 is 2.67 bits per heavy atom. The smallest absolute Gasteiger partial charge is 0.261 e. The minimum atomic E-state index is 0.491. The van der Waals surface area contributed by atoms with Gasteiger partial charge in [-0.1, -0.05) is 36.2 Å². The predicted molar refractivity (Wildman–Crippen MR) is 100 cm³/mol.